The minimum absolute atomic E-state index is 0.0164. The highest BCUT2D eigenvalue weighted by atomic mass is 32.2. The van der Waals surface area contributed by atoms with Crippen molar-refractivity contribution >= 4 is 17.7 Å². The van der Waals surface area contributed by atoms with E-state index < -0.39 is 0 Å². The molecule has 2 aromatic carbocycles. The Morgan fingerprint density at radius 1 is 1.14 bits per heavy atom. The maximum atomic E-state index is 13.2. The van der Waals surface area contributed by atoms with Crippen molar-refractivity contribution in [2.75, 3.05) is 13.1 Å². The summed E-state index contributed by atoms with van der Waals surface area (Å²) in [4.78, 5) is 21.1. The van der Waals surface area contributed by atoms with Gasteiger partial charge in [-0.3, -0.25) is 4.79 Å². The van der Waals surface area contributed by atoms with E-state index in [9.17, 15) is 10.1 Å². The van der Waals surface area contributed by atoms with E-state index in [1.54, 1.807) is 6.07 Å². The molecule has 1 aliphatic rings. The molecule has 6 nitrogen and oxygen atoms in total. The van der Waals surface area contributed by atoms with Crippen molar-refractivity contribution < 1.29 is 9.32 Å². The first-order valence-corrected chi connectivity index (χ1v) is 10.3. The van der Waals surface area contributed by atoms with Crippen LogP contribution in [0, 0.1) is 18.3 Å². The van der Waals surface area contributed by atoms with E-state index in [4.69, 9.17) is 4.52 Å². The molecule has 146 valence electrons. The molecule has 1 aliphatic heterocycles. The molecule has 0 aliphatic carbocycles. The number of carbonyl (C=O) groups is 1. The Balaban J connectivity index is 1.49. The molecule has 4 rings (SSSR count). The van der Waals surface area contributed by atoms with Crippen LogP contribution >= 0.6 is 11.8 Å². The Kier molecular flexibility index (Phi) is 5.63. The number of carbonyl (C=O) groups excluding carboxylic acids is 1. The molecule has 1 fully saturated rings. The molecule has 2 heterocycles. The number of aromatic nitrogens is 2. The molecular formula is C22H20N4O2S. The van der Waals surface area contributed by atoms with E-state index in [0.717, 1.165) is 22.6 Å². The molecular weight excluding hydrogens is 384 g/mol. The summed E-state index contributed by atoms with van der Waals surface area (Å²) in [5.41, 5.74) is 1.27. The van der Waals surface area contributed by atoms with Crippen LogP contribution in [0.1, 0.15) is 46.4 Å². The fourth-order valence-corrected chi connectivity index (χ4v) is 4.50. The van der Waals surface area contributed by atoms with Gasteiger partial charge in [-0.2, -0.15) is 10.2 Å². The number of piperidine rings is 1. The zero-order chi connectivity index (χ0) is 20.2. The Bertz CT molecular complexity index is 1060. The first-order valence-electron chi connectivity index (χ1n) is 9.51. The van der Waals surface area contributed by atoms with Gasteiger partial charge in [0.2, 0.25) is 5.89 Å². The average Bonchev–Trinajstić information content (AvgIpc) is 3.20. The minimum Gasteiger partial charge on any atom is -0.339 e. The second-order valence-corrected chi connectivity index (χ2v) is 8.04. The van der Waals surface area contributed by atoms with Gasteiger partial charge in [0.05, 0.1) is 11.1 Å². The fraction of sp³-hybridized carbons (Fsp3) is 0.273. The second-order valence-electron chi connectivity index (χ2n) is 6.95. The third-order valence-corrected chi connectivity index (χ3v) is 6.17. The molecule has 3 aromatic rings. The molecule has 29 heavy (non-hydrogen) atoms. The zero-order valence-corrected chi connectivity index (χ0v) is 16.9. The van der Waals surface area contributed by atoms with Crippen LogP contribution in [0.5, 0.6) is 0 Å². The molecule has 0 atom stereocenters. The molecule has 1 saturated heterocycles. The van der Waals surface area contributed by atoms with Crippen LogP contribution < -0.4 is 0 Å². The standard InChI is InChI=1S/C22H20N4O2S/c1-15-24-21(28-25-15)16-10-12-26(13-11-16)22(27)18-7-3-5-9-20(18)29-19-8-4-2-6-17(19)14-23/h2-9,16H,10-13H2,1H3. The fourth-order valence-electron chi connectivity index (χ4n) is 3.48. The number of hydrogen-bond acceptors (Lipinski definition) is 6. The SMILES string of the molecule is Cc1noc(C2CCN(C(=O)c3ccccc3Sc3ccccc3C#N)CC2)n1. The number of nitrogens with zero attached hydrogens (tertiary/aromatic N) is 4. The van der Waals surface area contributed by atoms with Crippen LogP contribution in [0.4, 0.5) is 0 Å². The first-order chi connectivity index (χ1) is 14.2. The van der Waals surface area contributed by atoms with E-state index >= 15 is 0 Å². The van der Waals surface area contributed by atoms with Gasteiger partial charge in [-0.05, 0) is 44.0 Å². The van der Waals surface area contributed by atoms with Crippen LogP contribution in [0.15, 0.2) is 62.8 Å². The lowest BCUT2D eigenvalue weighted by Crippen LogP contribution is -2.38. The highest BCUT2D eigenvalue weighted by molar-refractivity contribution is 7.99. The number of amides is 1. The summed E-state index contributed by atoms with van der Waals surface area (Å²) in [7, 11) is 0. The van der Waals surface area contributed by atoms with Gasteiger partial charge in [0.25, 0.3) is 5.91 Å². The lowest BCUT2D eigenvalue weighted by atomic mass is 9.96. The number of likely N-dealkylation sites (tertiary alicyclic amines) is 1. The summed E-state index contributed by atoms with van der Waals surface area (Å²) in [5.74, 6) is 1.52. The van der Waals surface area contributed by atoms with E-state index in [0.29, 0.717) is 35.9 Å². The van der Waals surface area contributed by atoms with E-state index in [1.807, 2.05) is 54.3 Å². The van der Waals surface area contributed by atoms with Gasteiger partial charge in [0.15, 0.2) is 5.82 Å². The van der Waals surface area contributed by atoms with Gasteiger partial charge in [-0.1, -0.05) is 41.2 Å². The van der Waals surface area contributed by atoms with Crippen LogP contribution in [-0.2, 0) is 0 Å². The van der Waals surface area contributed by atoms with Gasteiger partial charge in [-0.15, -0.1) is 0 Å². The molecule has 1 amide bonds. The molecule has 0 spiro atoms. The molecule has 1 aromatic heterocycles. The predicted octanol–water partition coefficient (Wildman–Crippen LogP) is 4.42. The van der Waals surface area contributed by atoms with Crippen molar-refractivity contribution in [3.8, 4) is 6.07 Å². The molecule has 0 radical (unpaired) electrons. The summed E-state index contributed by atoms with van der Waals surface area (Å²) in [6, 6.07) is 17.2. The molecule has 7 heteroatoms. The van der Waals surface area contributed by atoms with Crippen molar-refractivity contribution in [1.29, 1.82) is 5.26 Å². The smallest absolute Gasteiger partial charge is 0.255 e. The normalized spacial score (nSPS) is 14.6. The van der Waals surface area contributed by atoms with Crippen LogP contribution in [-0.4, -0.2) is 34.0 Å². The van der Waals surface area contributed by atoms with Gasteiger partial charge in [0, 0.05) is 28.8 Å². The number of aryl methyl sites for hydroxylation is 1. The highest BCUT2D eigenvalue weighted by Crippen LogP contribution is 2.34. The Hall–Kier alpha value is -3.11. The zero-order valence-electron chi connectivity index (χ0n) is 16.0. The number of benzene rings is 2. The summed E-state index contributed by atoms with van der Waals surface area (Å²) < 4.78 is 5.30. The van der Waals surface area contributed by atoms with Crippen molar-refractivity contribution in [3.05, 3.63) is 71.4 Å². The lowest BCUT2D eigenvalue weighted by molar-refractivity contribution is 0.0701. The predicted molar refractivity (Wildman–Crippen MR) is 109 cm³/mol. The molecule has 0 bridgehead atoms. The lowest BCUT2D eigenvalue weighted by Gasteiger charge is -2.31. The number of nitriles is 1. The maximum absolute atomic E-state index is 13.2. The van der Waals surface area contributed by atoms with Crippen molar-refractivity contribution in [2.24, 2.45) is 0 Å². The third kappa shape index (κ3) is 4.17. The Labute approximate surface area is 173 Å². The van der Waals surface area contributed by atoms with Crippen molar-refractivity contribution in [2.45, 2.75) is 35.5 Å². The number of rotatable bonds is 4. The molecule has 0 N–H and O–H groups in total. The monoisotopic (exact) mass is 404 g/mol. The van der Waals surface area contributed by atoms with Gasteiger partial charge < -0.3 is 9.42 Å². The number of hydrogen-bond donors (Lipinski definition) is 0. The highest BCUT2D eigenvalue weighted by Gasteiger charge is 2.28. The Morgan fingerprint density at radius 2 is 1.83 bits per heavy atom. The average molecular weight is 404 g/mol. The summed E-state index contributed by atoms with van der Waals surface area (Å²) in [5, 5.41) is 13.2. The van der Waals surface area contributed by atoms with E-state index in [-0.39, 0.29) is 11.8 Å². The quantitative estimate of drug-likeness (QED) is 0.640. The van der Waals surface area contributed by atoms with Gasteiger partial charge >= 0.3 is 0 Å². The third-order valence-electron chi connectivity index (χ3n) is 5.02. The van der Waals surface area contributed by atoms with Crippen LogP contribution in [0.2, 0.25) is 0 Å². The van der Waals surface area contributed by atoms with Crippen molar-refractivity contribution in [3.63, 3.8) is 0 Å². The Morgan fingerprint density at radius 3 is 2.52 bits per heavy atom. The summed E-state index contributed by atoms with van der Waals surface area (Å²) in [6.45, 7) is 3.11. The summed E-state index contributed by atoms with van der Waals surface area (Å²) >= 11 is 1.45. The largest absolute Gasteiger partial charge is 0.339 e. The van der Waals surface area contributed by atoms with Gasteiger partial charge in [-0.25, -0.2) is 0 Å². The maximum Gasteiger partial charge on any atom is 0.255 e. The van der Waals surface area contributed by atoms with Crippen LogP contribution in [0.25, 0.3) is 0 Å². The first kappa shape index (κ1) is 19.2. The molecule has 0 saturated carbocycles. The molecule has 0 unspecified atom stereocenters. The van der Waals surface area contributed by atoms with E-state index in [2.05, 4.69) is 16.2 Å². The minimum atomic E-state index is 0.0164. The van der Waals surface area contributed by atoms with E-state index in [1.165, 1.54) is 11.8 Å². The van der Waals surface area contributed by atoms with Crippen molar-refractivity contribution in [1.82, 2.24) is 15.0 Å². The van der Waals surface area contributed by atoms with Crippen LogP contribution in [0.3, 0.4) is 0 Å². The topological polar surface area (TPSA) is 83.0 Å². The summed E-state index contributed by atoms with van der Waals surface area (Å²) in [6.07, 6.45) is 1.61. The second kappa shape index (κ2) is 8.50. The van der Waals surface area contributed by atoms with Gasteiger partial charge in [0.1, 0.15) is 6.07 Å².